The molecule has 1 heterocycles. The van der Waals surface area contributed by atoms with Gasteiger partial charge in [0.2, 0.25) is 5.43 Å². The number of aromatic amines is 1. The summed E-state index contributed by atoms with van der Waals surface area (Å²) in [7, 11) is 0. The lowest BCUT2D eigenvalue weighted by Crippen LogP contribution is -2.22. The summed E-state index contributed by atoms with van der Waals surface area (Å²) < 4.78 is 0. The fourth-order valence-electron chi connectivity index (χ4n) is 2.82. The molecule has 0 spiro atoms. The standard InChI is InChI=1S/C16H19NO3/c1-4-9-7-12-15(11(6-3)10(9)5-2)13(18)8-14(19)16(20)17-12/h7-8,18H,4-6H2,1-3H3,(H,17,19,20). The minimum atomic E-state index is -0.725. The molecule has 0 amide bonds. The van der Waals surface area contributed by atoms with Gasteiger partial charge in [-0.3, -0.25) is 9.59 Å². The summed E-state index contributed by atoms with van der Waals surface area (Å²) in [5.74, 6) is -0.127. The highest BCUT2D eigenvalue weighted by atomic mass is 16.3. The molecule has 2 rings (SSSR count). The van der Waals surface area contributed by atoms with E-state index in [4.69, 9.17) is 0 Å². The van der Waals surface area contributed by atoms with Crippen molar-refractivity contribution < 1.29 is 5.11 Å². The highest BCUT2D eigenvalue weighted by molar-refractivity contribution is 5.89. The normalized spacial score (nSPS) is 10.9. The minimum Gasteiger partial charge on any atom is -0.507 e. The van der Waals surface area contributed by atoms with Crippen LogP contribution in [0.1, 0.15) is 37.5 Å². The van der Waals surface area contributed by atoms with Crippen LogP contribution in [0.4, 0.5) is 0 Å². The Morgan fingerprint density at radius 1 is 1.00 bits per heavy atom. The molecule has 0 radical (unpaired) electrons. The summed E-state index contributed by atoms with van der Waals surface area (Å²) in [6.45, 7) is 6.14. The minimum absolute atomic E-state index is 0.127. The van der Waals surface area contributed by atoms with E-state index in [-0.39, 0.29) is 5.75 Å². The first-order valence-corrected chi connectivity index (χ1v) is 6.97. The molecule has 0 bridgehead atoms. The first-order chi connectivity index (χ1) is 9.53. The van der Waals surface area contributed by atoms with Gasteiger partial charge < -0.3 is 10.1 Å². The van der Waals surface area contributed by atoms with Crippen molar-refractivity contribution in [3.8, 4) is 5.75 Å². The summed E-state index contributed by atoms with van der Waals surface area (Å²) in [6.07, 6.45) is 2.44. The zero-order chi connectivity index (χ0) is 14.9. The Morgan fingerprint density at radius 2 is 1.65 bits per heavy atom. The van der Waals surface area contributed by atoms with Gasteiger partial charge in [0, 0.05) is 11.5 Å². The first-order valence-electron chi connectivity index (χ1n) is 6.97. The third kappa shape index (κ3) is 2.22. The van der Waals surface area contributed by atoms with Crippen LogP contribution in [0, 0.1) is 0 Å². The van der Waals surface area contributed by atoms with Gasteiger partial charge in [-0.2, -0.15) is 0 Å². The Balaban J connectivity index is 3.12. The van der Waals surface area contributed by atoms with E-state index in [1.165, 1.54) is 5.56 Å². The maximum absolute atomic E-state index is 11.7. The molecule has 0 fully saturated rings. The summed E-state index contributed by atoms with van der Waals surface area (Å²) in [6, 6.07) is 2.87. The maximum atomic E-state index is 11.7. The highest BCUT2D eigenvalue weighted by Crippen LogP contribution is 2.30. The molecule has 0 saturated heterocycles. The van der Waals surface area contributed by atoms with Crippen LogP contribution in [0.15, 0.2) is 21.7 Å². The SMILES string of the molecule is CCc1cc2[nH]c(=O)c(=O)cc(O)c2c(CC)c1CC. The van der Waals surface area contributed by atoms with Crippen molar-refractivity contribution in [2.45, 2.75) is 40.0 Å². The molecule has 2 aromatic rings. The van der Waals surface area contributed by atoms with Gasteiger partial charge in [0.15, 0.2) is 0 Å². The fraction of sp³-hybridized carbons (Fsp3) is 0.375. The van der Waals surface area contributed by atoms with E-state index in [1.807, 2.05) is 13.0 Å². The lowest BCUT2D eigenvalue weighted by Gasteiger charge is -2.14. The largest absolute Gasteiger partial charge is 0.507 e. The average Bonchev–Trinajstić information content (AvgIpc) is 2.54. The number of aryl methyl sites for hydroxylation is 2. The highest BCUT2D eigenvalue weighted by Gasteiger charge is 2.13. The Hall–Kier alpha value is -2.10. The van der Waals surface area contributed by atoms with E-state index in [1.54, 1.807) is 0 Å². The predicted octanol–water partition coefficient (Wildman–Crippen LogP) is 2.28. The van der Waals surface area contributed by atoms with Crippen LogP contribution in [0.5, 0.6) is 5.75 Å². The molecular formula is C16H19NO3. The topological polar surface area (TPSA) is 70.2 Å². The number of rotatable bonds is 3. The Bertz CT molecular complexity index is 775. The molecule has 0 atom stereocenters. The quantitative estimate of drug-likeness (QED) is 0.843. The van der Waals surface area contributed by atoms with Crippen LogP contribution in [-0.4, -0.2) is 10.1 Å². The van der Waals surface area contributed by atoms with Crippen molar-refractivity contribution in [3.05, 3.63) is 49.4 Å². The molecular weight excluding hydrogens is 254 g/mol. The molecule has 4 nitrogen and oxygen atoms in total. The van der Waals surface area contributed by atoms with E-state index < -0.39 is 11.0 Å². The number of nitrogens with one attached hydrogen (secondary N) is 1. The average molecular weight is 273 g/mol. The number of hydrogen-bond donors (Lipinski definition) is 2. The van der Waals surface area contributed by atoms with Gasteiger partial charge in [0.05, 0.1) is 5.52 Å². The Labute approximate surface area is 117 Å². The van der Waals surface area contributed by atoms with Gasteiger partial charge in [0.1, 0.15) is 5.75 Å². The van der Waals surface area contributed by atoms with Gasteiger partial charge in [-0.1, -0.05) is 20.8 Å². The van der Waals surface area contributed by atoms with Crippen molar-refractivity contribution in [2.75, 3.05) is 0 Å². The fourth-order valence-corrected chi connectivity index (χ4v) is 2.82. The molecule has 0 aliphatic carbocycles. The maximum Gasteiger partial charge on any atom is 0.296 e. The summed E-state index contributed by atoms with van der Waals surface area (Å²) >= 11 is 0. The van der Waals surface area contributed by atoms with E-state index in [0.29, 0.717) is 10.9 Å². The second-order valence-corrected chi connectivity index (χ2v) is 4.82. The Kier molecular flexibility index (Phi) is 3.93. The number of hydrogen-bond acceptors (Lipinski definition) is 3. The summed E-state index contributed by atoms with van der Waals surface area (Å²) in [5.41, 5.74) is 2.44. The predicted molar refractivity (Wildman–Crippen MR) is 80.6 cm³/mol. The van der Waals surface area contributed by atoms with Gasteiger partial charge in [-0.05, 0) is 42.0 Å². The molecule has 20 heavy (non-hydrogen) atoms. The number of fused-ring (bicyclic) bond motifs is 1. The lowest BCUT2D eigenvalue weighted by molar-refractivity contribution is 0.481. The molecule has 1 aromatic carbocycles. The zero-order valence-corrected chi connectivity index (χ0v) is 12.0. The first kappa shape index (κ1) is 14.3. The molecule has 4 heteroatoms. The number of aromatic nitrogens is 1. The number of aromatic hydroxyl groups is 1. The smallest absolute Gasteiger partial charge is 0.296 e. The second-order valence-electron chi connectivity index (χ2n) is 4.82. The monoisotopic (exact) mass is 273 g/mol. The summed E-state index contributed by atoms with van der Waals surface area (Å²) in [5, 5.41) is 10.8. The zero-order valence-electron chi connectivity index (χ0n) is 12.0. The molecule has 0 aliphatic rings. The lowest BCUT2D eigenvalue weighted by atomic mass is 9.92. The van der Waals surface area contributed by atoms with Crippen molar-refractivity contribution in [1.82, 2.24) is 4.98 Å². The van der Waals surface area contributed by atoms with E-state index in [0.717, 1.165) is 36.5 Å². The molecule has 106 valence electrons. The van der Waals surface area contributed by atoms with Crippen LogP contribution in [0.3, 0.4) is 0 Å². The summed E-state index contributed by atoms with van der Waals surface area (Å²) in [4.78, 5) is 25.8. The molecule has 0 aliphatic heterocycles. The number of benzene rings is 1. The van der Waals surface area contributed by atoms with Crippen LogP contribution >= 0.6 is 0 Å². The van der Waals surface area contributed by atoms with Crippen LogP contribution in [0.25, 0.3) is 10.9 Å². The third-order valence-corrected chi connectivity index (χ3v) is 3.73. The van der Waals surface area contributed by atoms with Crippen molar-refractivity contribution in [3.63, 3.8) is 0 Å². The van der Waals surface area contributed by atoms with Gasteiger partial charge in [-0.25, -0.2) is 0 Å². The van der Waals surface area contributed by atoms with E-state index >= 15 is 0 Å². The second kappa shape index (κ2) is 5.49. The van der Waals surface area contributed by atoms with Gasteiger partial charge in [-0.15, -0.1) is 0 Å². The molecule has 2 N–H and O–H groups in total. The van der Waals surface area contributed by atoms with Gasteiger partial charge in [0.25, 0.3) is 5.56 Å². The van der Waals surface area contributed by atoms with Crippen molar-refractivity contribution in [1.29, 1.82) is 0 Å². The van der Waals surface area contributed by atoms with Crippen LogP contribution in [-0.2, 0) is 19.3 Å². The van der Waals surface area contributed by atoms with Crippen LogP contribution < -0.4 is 11.0 Å². The third-order valence-electron chi connectivity index (χ3n) is 3.73. The van der Waals surface area contributed by atoms with Gasteiger partial charge >= 0.3 is 0 Å². The Morgan fingerprint density at radius 3 is 2.20 bits per heavy atom. The van der Waals surface area contributed by atoms with Crippen molar-refractivity contribution >= 4 is 10.9 Å². The molecule has 0 saturated carbocycles. The molecule has 1 aromatic heterocycles. The number of H-pyrrole nitrogens is 1. The molecule has 0 unspecified atom stereocenters. The van der Waals surface area contributed by atoms with Crippen LogP contribution in [0.2, 0.25) is 0 Å². The van der Waals surface area contributed by atoms with E-state index in [2.05, 4.69) is 18.8 Å². The van der Waals surface area contributed by atoms with Crippen molar-refractivity contribution in [2.24, 2.45) is 0 Å². The van der Waals surface area contributed by atoms with E-state index in [9.17, 15) is 14.7 Å².